The van der Waals surface area contributed by atoms with E-state index in [-0.39, 0.29) is 17.3 Å². The number of carboxylic acid groups (broad SMARTS) is 1. The summed E-state index contributed by atoms with van der Waals surface area (Å²) in [4.78, 5) is 12.4. The number of benzene rings is 1. The van der Waals surface area contributed by atoms with Gasteiger partial charge in [0, 0.05) is 4.88 Å². The molecule has 2 aromatic rings. The third-order valence-electron chi connectivity index (χ3n) is 2.72. The SMILES string of the molecule is CCCc1cc(OCc2cccc(F)c2)c(C(=O)O)s1. The Kier molecular flexibility index (Phi) is 4.74. The van der Waals surface area contributed by atoms with Crippen LogP contribution in [0.3, 0.4) is 0 Å². The van der Waals surface area contributed by atoms with Crippen LogP contribution < -0.4 is 4.74 Å². The lowest BCUT2D eigenvalue weighted by Gasteiger charge is -2.05. The molecule has 1 aromatic heterocycles. The van der Waals surface area contributed by atoms with E-state index < -0.39 is 5.97 Å². The van der Waals surface area contributed by atoms with E-state index in [1.807, 2.05) is 6.92 Å². The lowest BCUT2D eigenvalue weighted by molar-refractivity contribution is 0.0697. The smallest absolute Gasteiger partial charge is 0.349 e. The lowest BCUT2D eigenvalue weighted by Crippen LogP contribution is -2.00. The fourth-order valence-electron chi connectivity index (χ4n) is 1.84. The molecule has 0 unspecified atom stereocenters. The van der Waals surface area contributed by atoms with E-state index in [0.717, 1.165) is 17.7 Å². The number of thiophene rings is 1. The monoisotopic (exact) mass is 294 g/mol. The molecule has 0 bridgehead atoms. The van der Waals surface area contributed by atoms with Crippen molar-refractivity contribution in [2.24, 2.45) is 0 Å². The van der Waals surface area contributed by atoms with Crippen LogP contribution in [0.5, 0.6) is 5.75 Å². The van der Waals surface area contributed by atoms with Crippen molar-refractivity contribution in [3.63, 3.8) is 0 Å². The van der Waals surface area contributed by atoms with Crippen LogP contribution in [-0.4, -0.2) is 11.1 Å². The quantitative estimate of drug-likeness (QED) is 0.871. The molecule has 1 heterocycles. The van der Waals surface area contributed by atoms with Gasteiger partial charge in [0.25, 0.3) is 0 Å². The maximum atomic E-state index is 13.1. The zero-order valence-corrected chi connectivity index (χ0v) is 11.9. The summed E-state index contributed by atoms with van der Waals surface area (Å²) in [6, 6.07) is 7.83. The zero-order valence-electron chi connectivity index (χ0n) is 11.1. The first-order valence-corrected chi connectivity index (χ1v) is 7.15. The molecule has 1 N–H and O–H groups in total. The third kappa shape index (κ3) is 3.57. The van der Waals surface area contributed by atoms with Gasteiger partial charge in [-0.1, -0.05) is 25.5 Å². The summed E-state index contributed by atoms with van der Waals surface area (Å²) in [5.41, 5.74) is 0.671. The molecule has 0 amide bonds. The van der Waals surface area contributed by atoms with E-state index >= 15 is 0 Å². The average Bonchev–Trinajstić information content (AvgIpc) is 2.80. The molecule has 20 heavy (non-hydrogen) atoms. The molecule has 3 nitrogen and oxygen atoms in total. The minimum atomic E-state index is -0.994. The molecule has 1 aromatic carbocycles. The Bertz CT molecular complexity index is 607. The molecule has 0 spiro atoms. The number of hydrogen-bond donors (Lipinski definition) is 1. The van der Waals surface area contributed by atoms with Gasteiger partial charge in [0.15, 0.2) is 4.88 Å². The van der Waals surface area contributed by atoms with Crippen LogP contribution in [0.1, 0.15) is 33.5 Å². The molecule has 0 aliphatic heterocycles. The van der Waals surface area contributed by atoms with Crippen LogP contribution in [-0.2, 0) is 13.0 Å². The van der Waals surface area contributed by atoms with Gasteiger partial charge in [-0.05, 0) is 30.2 Å². The predicted octanol–water partition coefficient (Wildman–Crippen LogP) is 4.12. The van der Waals surface area contributed by atoms with Crippen LogP contribution in [0.2, 0.25) is 0 Å². The molecule has 0 radical (unpaired) electrons. The topological polar surface area (TPSA) is 46.5 Å². The van der Waals surface area contributed by atoms with Crippen molar-refractivity contribution < 1.29 is 19.0 Å². The summed E-state index contributed by atoms with van der Waals surface area (Å²) >= 11 is 1.23. The first-order valence-electron chi connectivity index (χ1n) is 6.33. The summed E-state index contributed by atoms with van der Waals surface area (Å²) in [7, 11) is 0. The number of carboxylic acids is 1. The molecular weight excluding hydrogens is 279 g/mol. The molecule has 5 heteroatoms. The first-order chi connectivity index (χ1) is 9.60. The maximum absolute atomic E-state index is 13.1. The maximum Gasteiger partial charge on any atom is 0.349 e. The van der Waals surface area contributed by atoms with Crippen LogP contribution >= 0.6 is 11.3 Å². The van der Waals surface area contributed by atoms with Gasteiger partial charge in [-0.3, -0.25) is 0 Å². The van der Waals surface area contributed by atoms with Crippen molar-refractivity contribution >= 4 is 17.3 Å². The Morgan fingerprint density at radius 1 is 1.40 bits per heavy atom. The molecule has 0 aliphatic carbocycles. The molecule has 0 saturated carbocycles. The fourth-order valence-corrected chi connectivity index (χ4v) is 2.88. The van der Waals surface area contributed by atoms with Crippen molar-refractivity contribution in [1.29, 1.82) is 0 Å². The minimum Gasteiger partial charge on any atom is -0.487 e. The van der Waals surface area contributed by atoms with Gasteiger partial charge in [0.2, 0.25) is 0 Å². The zero-order chi connectivity index (χ0) is 14.5. The Balaban J connectivity index is 2.13. The molecule has 0 fully saturated rings. The largest absolute Gasteiger partial charge is 0.487 e. The Hall–Kier alpha value is -1.88. The molecule has 0 saturated heterocycles. The second kappa shape index (κ2) is 6.52. The van der Waals surface area contributed by atoms with Crippen molar-refractivity contribution in [1.82, 2.24) is 0 Å². The minimum absolute atomic E-state index is 0.153. The molecule has 106 valence electrons. The second-order valence-corrected chi connectivity index (χ2v) is 5.52. The van der Waals surface area contributed by atoms with Crippen LogP contribution in [0.25, 0.3) is 0 Å². The van der Waals surface area contributed by atoms with Crippen LogP contribution in [0, 0.1) is 5.82 Å². The van der Waals surface area contributed by atoms with Crippen LogP contribution in [0.4, 0.5) is 4.39 Å². The fraction of sp³-hybridized carbons (Fsp3) is 0.267. The highest BCUT2D eigenvalue weighted by molar-refractivity contribution is 7.14. The van der Waals surface area contributed by atoms with Gasteiger partial charge in [0.1, 0.15) is 18.2 Å². The standard InChI is InChI=1S/C15H15FO3S/c1-2-4-12-8-13(14(20-12)15(17)18)19-9-10-5-3-6-11(16)7-10/h3,5-8H,2,4,9H2,1H3,(H,17,18). The number of ether oxygens (including phenoxy) is 1. The first kappa shape index (κ1) is 14.5. The van der Waals surface area contributed by atoms with Crippen molar-refractivity contribution in [3.8, 4) is 5.75 Å². The van der Waals surface area contributed by atoms with E-state index in [1.165, 1.54) is 23.5 Å². The van der Waals surface area contributed by atoms with Crippen molar-refractivity contribution in [2.45, 2.75) is 26.4 Å². The van der Waals surface area contributed by atoms with Crippen LogP contribution in [0.15, 0.2) is 30.3 Å². The summed E-state index contributed by atoms with van der Waals surface area (Å²) in [5, 5.41) is 9.16. The highest BCUT2D eigenvalue weighted by Crippen LogP contribution is 2.31. The average molecular weight is 294 g/mol. The van der Waals surface area contributed by atoms with E-state index in [9.17, 15) is 9.18 Å². The summed E-state index contributed by atoms with van der Waals surface area (Å²) in [5.74, 6) is -0.969. The number of carbonyl (C=O) groups is 1. The van der Waals surface area contributed by atoms with Crippen molar-refractivity contribution in [3.05, 3.63) is 51.5 Å². The molecule has 2 rings (SSSR count). The van der Waals surface area contributed by atoms with Gasteiger partial charge < -0.3 is 9.84 Å². The number of aryl methyl sites for hydroxylation is 1. The summed E-state index contributed by atoms with van der Waals surface area (Å²) in [6.07, 6.45) is 1.77. The van der Waals surface area contributed by atoms with E-state index in [2.05, 4.69) is 0 Å². The van der Waals surface area contributed by atoms with E-state index in [4.69, 9.17) is 9.84 Å². The number of hydrogen-bond acceptors (Lipinski definition) is 3. The van der Waals surface area contributed by atoms with Gasteiger partial charge in [-0.2, -0.15) is 0 Å². The normalized spacial score (nSPS) is 10.5. The van der Waals surface area contributed by atoms with Crippen molar-refractivity contribution in [2.75, 3.05) is 0 Å². The summed E-state index contributed by atoms with van der Waals surface area (Å²) < 4.78 is 18.6. The molecule has 0 aliphatic rings. The Morgan fingerprint density at radius 2 is 2.20 bits per heavy atom. The lowest BCUT2D eigenvalue weighted by atomic mass is 10.2. The predicted molar refractivity (Wildman–Crippen MR) is 76.0 cm³/mol. The Morgan fingerprint density at radius 3 is 2.85 bits per heavy atom. The Labute approximate surface area is 120 Å². The highest BCUT2D eigenvalue weighted by Gasteiger charge is 2.16. The molecule has 0 atom stereocenters. The van der Waals surface area contributed by atoms with Gasteiger partial charge >= 0.3 is 5.97 Å². The third-order valence-corrected chi connectivity index (χ3v) is 3.89. The van der Waals surface area contributed by atoms with Gasteiger partial charge in [-0.15, -0.1) is 11.3 Å². The second-order valence-electron chi connectivity index (χ2n) is 4.38. The van der Waals surface area contributed by atoms with Gasteiger partial charge in [0.05, 0.1) is 0 Å². The highest BCUT2D eigenvalue weighted by atomic mass is 32.1. The number of aromatic carboxylic acids is 1. The van der Waals surface area contributed by atoms with E-state index in [0.29, 0.717) is 11.3 Å². The number of rotatable bonds is 6. The molecular formula is C15H15FO3S. The van der Waals surface area contributed by atoms with Gasteiger partial charge in [-0.25, -0.2) is 9.18 Å². The summed E-state index contributed by atoms with van der Waals surface area (Å²) in [6.45, 7) is 2.19. The number of halogens is 1. The van der Waals surface area contributed by atoms with E-state index in [1.54, 1.807) is 18.2 Å².